The van der Waals surface area contributed by atoms with E-state index in [4.69, 9.17) is 11.6 Å². The number of nitro benzene ring substituents is 1. The highest BCUT2D eigenvalue weighted by Crippen LogP contribution is 2.30. The summed E-state index contributed by atoms with van der Waals surface area (Å²) in [6.07, 6.45) is 2.89. The lowest BCUT2D eigenvalue weighted by molar-refractivity contribution is -0.384. The van der Waals surface area contributed by atoms with Crippen molar-refractivity contribution in [3.8, 4) is 0 Å². The zero-order chi connectivity index (χ0) is 21.0. The molecule has 1 aromatic heterocycles. The Hall–Kier alpha value is -3.20. The lowest BCUT2D eigenvalue weighted by Crippen LogP contribution is -2.41. The van der Waals surface area contributed by atoms with E-state index in [2.05, 4.69) is 15.6 Å². The second-order valence-corrected chi connectivity index (χ2v) is 7.11. The van der Waals surface area contributed by atoms with Gasteiger partial charge in [-0.1, -0.05) is 11.6 Å². The molecule has 152 valence electrons. The summed E-state index contributed by atoms with van der Waals surface area (Å²) in [4.78, 5) is 41.5. The van der Waals surface area contributed by atoms with Crippen LogP contribution in [0, 0.1) is 16.0 Å². The number of halogens is 1. The monoisotopic (exact) mass is 417 g/mol. The Labute approximate surface area is 172 Å². The summed E-state index contributed by atoms with van der Waals surface area (Å²) in [5, 5.41) is 16.9. The molecule has 0 bridgehead atoms. The highest BCUT2D eigenvalue weighted by molar-refractivity contribution is 6.30. The molecule has 1 aliphatic rings. The van der Waals surface area contributed by atoms with Gasteiger partial charge < -0.3 is 15.5 Å². The molecule has 2 amide bonds. The van der Waals surface area contributed by atoms with E-state index in [1.165, 1.54) is 25.4 Å². The Bertz CT molecular complexity index is 935. The molecule has 1 aromatic carbocycles. The normalized spacial score (nSPS) is 16.2. The average molecular weight is 418 g/mol. The highest BCUT2D eigenvalue weighted by Gasteiger charge is 2.29. The highest BCUT2D eigenvalue weighted by atomic mass is 35.5. The van der Waals surface area contributed by atoms with Crippen molar-refractivity contribution >= 4 is 40.6 Å². The minimum absolute atomic E-state index is 0.160. The number of benzene rings is 1. The fraction of sp³-hybridized carbons (Fsp3) is 0.316. The first-order valence-corrected chi connectivity index (χ1v) is 9.44. The minimum atomic E-state index is -0.540. The van der Waals surface area contributed by atoms with Gasteiger partial charge in [-0.25, -0.2) is 4.98 Å². The predicted octanol–water partition coefficient (Wildman–Crippen LogP) is 2.86. The number of piperidine rings is 1. The summed E-state index contributed by atoms with van der Waals surface area (Å²) in [5.41, 5.74) is 0.617. The number of carbonyl (C=O) groups excluding carboxylic acids is 2. The topological polar surface area (TPSA) is 117 Å². The Morgan fingerprint density at radius 1 is 1.31 bits per heavy atom. The molecular formula is C19H20ClN5O4. The third kappa shape index (κ3) is 4.80. The number of rotatable bonds is 5. The van der Waals surface area contributed by atoms with Gasteiger partial charge in [0.15, 0.2) is 0 Å². The van der Waals surface area contributed by atoms with Crippen LogP contribution in [0.2, 0.25) is 5.02 Å². The van der Waals surface area contributed by atoms with Crippen LogP contribution in [0.25, 0.3) is 0 Å². The molecule has 0 spiro atoms. The van der Waals surface area contributed by atoms with E-state index in [1.54, 1.807) is 18.2 Å². The van der Waals surface area contributed by atoms with Gasteiger partial charge in [0.25, 0.3) is 11.6 Å². The molecule has 1 aliphatic heterocycles. The zero-order valence-electron chi connectivity index (χ0n) is 15.7. The summed E-state index contributed by atoms with van der Waals surface area (Å²) in [6, 6.07) is 7.45. The molecule has 0 radical (unpaired) electrons. The lowest BCUT2D eigenvalue weighted by Gasteiger charge is -2.34. The molecule has 2 heterocycles. The van der Waals surface area contributed by atoms with Crippen LogP contribution in [0.4, 0.5) is 17.2 Å². The molecule has 0 saturated carbocycles. The van der Waals surface area contributed by atoms with Crippen molar-refractivity contribution in [1.82, 2.24) is 10.3 Å². The van der Waals surface area contributed by atoms with E-state index in [0.29, 0.717) is 36.0 Å². The van der Waals surface area contributed by atoms with Gasteiger partial charge in [0.1, 0.15) is 5.82 Å². The molecule has 2 N–H and O–H groups in total. The third-order valence-corrected chi connectivity index (χ3v) is 5.00. The van der Waals surface area contributed by atoms with Crippen LogP contribution in [-0.2, 0) is 4.79 Å². The molecule has 10 heteroatoms. The number of nitrogens with zero attached hydrogens (tertiary/aromatic N) is 3. The molecular weight excluding hydrogens is 398 g/mol. The first-order chi connectivity index (χ1) is 13.9. The largest absolute Gasteiger partial charge is 0.370 e. The fourth-order valence-corrected chi connectivity index (χ4v) is 3.43. The molecule has 1 unspecified atom stereocenters. The Morgan fingerprint density at radius 2 is 2.10 bits per heavy atom. The van der Waals surface area contributed by atoms with Crippen LogP contribution in [0.15, 0.2) is 36.5 Å². The number of carbonyl (C=O) groups is 2. The number of pyridine rings is 1. The Kier molecular flexibility index (Phi) is 6.28. The van der Waals surface area contributed by atoms with Crippen LogP contribution in [0.3, 0.4) is 0 Å². The van der Waals surface area contributed by atoms with Crippen molar-refractivity contribution in [1.29, 1.82) is 0 Å². The number of aromatic nitrogens is 1. The molecule has 2 aromatic rings. The Balaban J connectivity index is 1.79. The van der Waals surface area contributed by atoms with Gasteiger partial charge in [-0.3, -0.25) is 19.7 Å². The van der Waals surface area contributed by atoms with Gasteiger partial charge >= 0.3 is 0 Å². The zero-order valence-corrected chi connectivity index (χ0v) is 16.5. The number of hydrogen-bond donors (Lipinski definition) is 2. The number of amides is 2. The summed E-state index contributed by atoms with van der Waals surface area (Å²) < 4.78 is 0. The van der Waals surface area contributed by atoms with Gasteiger partial charge in [0.2, 0.25) is 5.91 Å². The summed E-state index contributed by atoms with van der Waals surface area (Å²) in [6.45, 7) is 1.03. The fourth-order valence-electron chi connectivity index (χ4n) is 3.32. The van der Waals surface area contributed by atoms with Crippen LogP contribution in [0.5, 0.6) is 0 Å². The van der Waals surface area contributed by atoms with Gasteiger partial charge in [0, 0.05) is 38.5 Å². The van der Waals surface area contributed by atoms with Gasteiger partial charge in [-0.15, -0.1) is 0 Å². The van der Waals surface area contributed by atoms with Crippen LogP contribution in [-0.4, -0.2) is 41.9 Å². The number of hydrogen-bond acceptors (Lipinski definition) is 6. The molecule has 0 aliphatic carbocycles. The van der Waals surface area contributed by atoms with Crippen molar-refractivity contribution < 1.29 is 14.5 Å². The number of nitro groups is 1. The summed E-state index contributed by atoms with van der Waals surface area (Å²) in [7, 11) is 1.47. The SMILES string of the molecule is CNC(=O)c1cc([N+](=O)[O-])ccc1N1CCCC(C(=O)Nc2ccc(Cl)cn2)C1. The van der Waals surface area contributed by atoms with E-state index in [0.717, 1.165) is 6.42 Å². The van der Waals surface area contributed by atoms with Crippen molar-refractivity contribution in [2.24, 2.45) is 5.92 Å². The van der Waals surface area contributed by atoms with E-state index >= 15 is 0 Å². The van der Waals surface area contributed by atoms with Gasteiger partial charge in [-0.05, 0) is 31.0 Å². The van der Waals surface area contributed by atoms with E-state index in [1.807, 2.05) is 4.90 Å². The smallest absolute Gasteiger partial charge is 0.270 e. The molecule has 9 nitrogen and oxygen atoms in total. The predicted molar refractivity (Wildman–Crippen MR) is 109 cm³/mol. The van der Waals surface area contributed by atoms with Crippen LogP contribution < -0.4 is 15.5 Å². The van der Waals surface area contributed by atoms with Crippen LogP contribution >= 0.6 is 11.6 Å². The van der Waals surface area contributed by atoms with Gasteiger partial charge in [-0.2, -0.15) is 0 Å². The maximum Gasteiger partial charge on any atom is 0.270 e. The standard InChI is InChI=1S/C19H20ClN5O4/c1-21-19(27)15-9-14(25(28)29)5-6-16(15)24-8-2-3-12(11-24)18(26)23-17-7-4-13(20)10-22-17/h4-7,9-10,12H,2-3,8,11H2,1H3,(H,21,27)(H,22,23,26). The maximum atomic E-state index is 12.7. The van der Waals surface area contributed by atoms with E-state index < -0.39 is 10.8 Å². The summed E-state index contributed by atoms with van der Waals surface area (Å²) in [5.74, 6) is -0.486. The van der Waals surface area contributed by atoms with Gasteiger partial charge in [0.05, 0.1) is 27.1 Å². The quantitative estimate of drug-likeness (QED) is 0.570. The van der Waals surface area contributed by atoms with Crippen molar-refractivity contribution in [2.75, 3.05) is 30.4 Å². The van der Waals surface area contributed by atoms with Crippen molar-refractivity contribution in [2.45, 2.75) is 12.8 Å². The van der Waals surface area contributed by atoms with E-state index in [9.17, 15) is 19.7 Å². The third-order valence-electron chi connectivity index (χ3n) is 4.77. The maximum absolute atomic E-state index is 12.7. The molecule has 1 fully saturated rings. The first kappa shape index (κ1) is 20.5. The van der Waals surface area contributed by atoms with Crippen molar-refractivity contribution in [3.05, 3.63) is 57.2 Å². The van der Waals surface area contributed by atoms with Crippen LogP contribution in [0.1, 0.15) is 23.2 Å². The molecule has 29 heavy (non-hydrogen) atoms. The lowest BCUT2D eigenvalue weighted by atomic mass is 9.95. The molecule has 3 rings (SSSR count). The second kappa shape index (κ2) is 8.87. The first-order valence-electron chi connectivity index (χ1n) is 9.07. The molecule has 1 saturated heterocycles. The van der Waals surface area contributed by atoms with E-state index in [-0.39, 0.29) is 23.1 Å². The Morgan fingerprint density at radius 3 is 2.76 bits per heavy atom. The number of non-ortho nitro benzene ring substituents is 1. The number of anilines is 2. The number of nitrogens with one attached hydrogen (secondary N) is 2. The second-order valence-electron chi connectivity index (χ2n) is 6.67. The average Bonchev–Trinajstić information content (AvgIpc) is 2.74. The molecule has 1 atom stereocenters. The van der Waals surface area contributed by atoms with Crippen molar-refractivity contribution in [3.63, 3.8) is 0 Å². The summed E-state index contributed by atoms with van der Waals surface area (Å²) >= 11 is 5.81. The minimum Gasteiger partial charge on any atom is -0.370 e.